The fourth-order valence-electron chi connectivity index (χ4n) is 3.76. The fraction of sp³-hybridized carbons (Fsp3) is 0.148. The molecule has 0 N–H and O–H groups in total. The summed E-state index contributed by atoms with van der Waals surface area (Å²) in [6.07, 6.45) is 1.92. The Balaban J connectivity index is 1.75. The molecule has 0 aliphatic carbocycles. The van der Waals surface area contributed by atoms with Crippen LogP contribution in [0.2, 0.25) is 0 Å². The molecule has 0 spiro atoms. The normalized spacial score (nSPS) is 11.2. The van der Waals surface area contributed by atoms with Crippen LogP contribution in [0.25, 0.3) is 10.8 Å². The van der Waals surface area contributed by atoms with Crippen LogP contribution in [0.3, 0.4) is 0 Å². The molecule has 0 heterocycles. The molecule has 0 unspecified atom stereocenters. The van der Waals surface area contributed by atoms with Crippen LogP contribution in [0.1, 0.15) is 19.4 Å². The summed E-state index contributed by atoms with van der Waals surface area (Å²) in [7, 11) is 0. The average Bonchev–Trinajstić information content (AvgIpc) is 2.82. The Hall–Kier alpha value is -3.11. The molecule has 0 saturated heterocycles. The van der Waals surface area contributed by atoms with E-state index >= 15 is 0 Å². The summed E-state index contributed by atoms with van der Waals surface area (Å²) in [6, 6.07) is 31.5. The van der Waals surface area contributed by atoms with Crippen LogP contribution in [0.15, 0.2) is 101 Å². The largest absolute Gasteiger partial charge is 0.372 e. The number of benzene rings is 4. The first-order valence-electron chi connectivity index (χ1n) is 10.6. The van der Waals surface area contributed by atoms with Gasteiger partial charge in [-0.25, -0.2) is 5.01 Å². The number of halogens is 1. The molecule has 0 amide bonds. The second-order valence-electron chi connectivity index (χ2n) is 7.27. The van der Waals surface area contributed by atoms with Crippen molar-refractivity contribution >= 4 is 50.0 Å². The lowest BCUT2D eigenvalue weighted by Gasteiger charge is -2.22. The predicted molar refractivity (Wildman–Crippen MR) is 138 cm³/mol. The summed E-state index contributed by atoms with van der Waals surface area (Å²) >= 11 is 3.74. The van der Waals surface area contributed by atoms with Crippen LogP contribution in [-0.2, 0) is 0 Å². The van der Waals surface area contributed by atoms with Gasteiger partial charge in [-0.3, -0.25) is 0 Å². The van der Waals surface area contributed by atoms with Gasteiger partial charge in [-0.2, -0.15) is 5.10 Å². The quantitative estimate of drug-likeness (QED) is 0.204. The maximum absolute atomic E-state index is 4.92. The molecule has 4 rings (SSSR count). The van der Waals surface area contributed by atoms with Gasteiger partial charge in [0, 0.05) is 34.2 Å². The van der Waals surface area contributed by atoms with Crippen LogP contribution in [0, 0.1) is 0 Å². The zero-order chi connectivity index (χ0) is 21.6. The van der Waals surface area contributed by atoms with E-state index < -0.39 is 0 Å². The van der Waals surface area contributed by atoms with E-state index in [9.17, 15) is 0 Å². The molecule has 0 fully saturated rings. The van der Waals surface area contributed by atoms with Crippen LogP contribution in [0.4, 0.5) is 17.1 Å². The van der Waals surface area contributed by atoms with E-state index in [4.69, 9.17) is 5.10 Å². The number of hydrogen-bond donors (Lipinski definition) is 0. The van der Waals surface area contributed by atoms with E-state index in [-0.39, 0.29) is 0 Å². The lowest BCUT2D eigenvalue weighted by Crippen LogP contribution is -2.21. The molecule has 3 nitrogen and oxygen atoms in total. The van der Waals surface area contributed by atoms with E-state index in [1.165, 1.54) is 16.5 Å². The Morgan fingerprint density at radius 3 is 2.23 bits per heavy atom. The lowest BCUT2D eigenvalue weighted by molar-refractivity contribution is 0.866. The van der Waals surface area contributed by atoms with Crippen LogP contribution in [-0.4, -0.2) is 19.3 Å². The maximum atomic E-state index is 4.92. The van der Waals surface area contributed by atoms with Crippen molar-refractivity contribution in [1.82, 2.24) is 0 Å². The summed E-state index contributed by atoms with van der Waals surface area (Å²) < 4.78 is 1.03. The van der Waals surface area contributed by atoms with Crippen molar-refractivity contribution in [3.8, 4) is 0 Å². The SMILES string of the molecule is CCN(CC)c1ccc(C=NN(c2ccccc2)c2cccc3ccccc23)c(Br)c1. The summed E-state index contributed by atoms with van der Waals surface area (Å²) in [5.74, 6) is 0. The highest BCUT2D eigenvalue weighted by Crippen LogP contribution is 2.33. The Bertz CT molecular complexity index is 1180. The highest BCUT2D eigenvalue weighted by atomic mass is 79.9. The molecule has 4 aromatic rings. The predicted octanol–water partition coefficient (Wildman–Crippen LogP) is 7.62. The van der Waals surface area contributed by atoms with Gasteiger partial charge in [-0.05, 0) is 49.6 Å². The smallest absolute Gasteiger partial charge is 0.0730 e. The van der Waals surface area contributed by atoms with Crippen molar-refractivity contribution < 1.29 is 0 Å². The first-order chi connectivity index (χ1) is 15.2. The summed E-state index contributed by atoms with van der Waals surface area (Å²) in [4.78, 5) is 2.33. The molecule has 4 heteroatoms. The Kier molecular flexibility index (Phi) is 6.68. The number of rotatable bonds is 7. The number of hydrogen-bond acceptors (Lipinski definition) is 3. The average molecular weight is 472 g/mol. The van der Waals surface area contributed by atoms with Crippen molar-refractivity contribution in [2.45, 2.75) is 13.8 Å². The van der Waals surface area contributed by atoms with E-state index in [1.807, 2.05) is 29.4 Å². The van der Waals surface area contributed by atoms with Crippen molar-refractivity contribution in [3.63, 3.8) is 0 Å². The number of fused-ring (bicyclic) bond motifs is 1. The van der Waals surface area contributed by atoms with Crippen molar-refractivity contribution in [3.05, 3.63) is 101 Å². The Morgan fingerprint density at radius 2 is 1.48 bits per heavy atom. The van der Waals surface area contributed by atoms with Crippen LogP contribution in [0.5, 0.6) is 0 Å². The molecule has 0 aliphatic rings. The molecule has 156 valence electrons. The number of hydrazone groups is 1. The van der Waals surface area contributed by atoms with Crippen molar-refractivity contribution in [2.75, 3.05) is 23.0 Å². The van der Waals surface area contributed by atoms with Crippen molar-refractivity contribution in [2.24, 2.45) is 5.10 Å². The zero-order valence-electron chi connectivity index (χ0n) is 17.9. The summed E-state index contributed by atoms with van der Waals surface area (Å²) in [6.45, 7) is 6.32. The van der Waals surface area contributed by atoms with Gasteiger partial charge in [-0.15, -0.1) is 0 Å². The van der Waals surface area contributed by atoms with Gasteiger partial charge in [0.15, 0.2) is 0 Å². The minimum Gasteiger partial charge on any atom is -0.372 e. The Morgan fingerprint density at radius 1 is 0.774 bits per heavy atom. The van der Waals surface area contributed by atoms with Gasteiger partial charge < -0.3 is 4.90 Å². The number of para-hydroxylation sites is 1. The monoisotopic (exact) mass is 471 g/mol. The third-order valence-corrected chi connectivity index (χ3v) is 6.11. The molecule has 0 aromatic heterocycles. The highest BCUT2D eigenvalue weighted by molar-refractivity contribution is 9.10. The molecular formula is C27H26BrN3. The highest BCUT2D eigenvalue weighted by Gasteiger charge is 2.12. The molecule has 0 aliphatic heterocycles. The van der Waals surface area contributed by atoms with Gasteiger partial charge in [-0.1, -0.05) is 76.6 Å². The van der Waals surface area contributed by atoms with Gasteiger partial charge in [0.05, 0.1) is 17.6 Å². The van der Waals surface area contributed by atoms with Gasteiger partial charge >= 0.3 is 0 Å². The van der Waals surface area contributed by atoms with Crippen LogP contribution < -0.4 is 9.91 Å². The third-order valence-electron chi connectivity index (χ3n) is 5.42. The van der Waals surface area contributed by atoms with Crippen molar-refractivity contribution in [1.29, 1.82) is 0 Å². The fourth-order valence-corrected chi connectivity index (χ4v) is 4.23. The topological polar surface area (TPSA) is 18.8 Å². The maximum Gasteiger partial charge on any atom is 0.0730 e. The van der Waals surface area contributed by atoms with E-state index in [2.05, 4.69) is 107 Å². The van der Waals surface area contributed by atoms with Crippen LogP contribution >= 0.6 is 15.9 Å². The standard InChI is InChI=1S/C27H26BrN3/c1-3-30(4-2)24-18-17-22(26(28)19-24)20-29-31(23-13-6-5-7-14-23)27-16-10-12-21-11-8-9-15-25(21)27/h5-20H,3-4H2,1-2H3. The minimum absolute atomic E-state index is 0.985. The molecule has 0 radical (unpaired) electrons. The Labute approximate surface area is 192 Å². The second-order valence-corrected chi connectivity index (χ2v) is 8.12. The summed E-state index contributed by atoms with van der Waals surface area (Å²) in [5.41, 5.74) is 4.32. The number of nitrogens with zero attached hydrogens (tertiary/aromatic N) is 3. The first kappa shape index (κ1) is 21.1. The van der Waals surface area contributed by atoms with Gasteiger partial charge in [0.2, 0.25) is 0 Å². The molecule has 0 atom stereocenters. The second kappa shape index (κ2) is 9.80. The molecular weight excluding hydrogens is 446 g/mol. The van der Waals surface area contributed by atoms with Gasteiger partial charge in [0.25, 0.3) is 0 Å². The molecule has 0 bridgehead atoms. The lowest BCUT2D eigenvalue weighted by atomic mass is 10.1. The third kappa shape index (κ3) is 4.64. The molecule has 4 aromatic carbocycles. The summed E-state index contributed by atoms with van der Waals surface area (Å²) in [5, 5.41) is 9.30. The van der Waals surface area contributed by atoms with Gasteiger partial charge in [0.1, 0.15) is 0 Å². The minimum atomic E-state index is 0.985. The molecule has 31 heavy (non-hydrogen) atoms. The number of anilines is 3. The van der Waals surface area contributed by atoms with E-state index in [0.717, 1.165) is 34.5 Å². The van der Waals surface area contributed by atoms with E-state index in [1.54, 1.807) is 0 Å². The van der Waals surface area contributed by atoms with E-state index in [0.29, 0.717) is 0 Å². The zero-order valence-corrected chi connectivity index (χ0v) is 19.5. The first-order valence-corrected chi connectivity index (χ1v) is 11.4. The molecule has 0 saturated carbocycles.